The van der Waals surface area contributed by atoms with E-state index in [0.29, 0.717) is 32.2 Å². The topological polar surface area (TPSA) is 94.9 Å². The lowest BCUT2D eigenvalue weighted by molar-refractivity contribution is -0.141. The van der Waals surface area contributed by atoms with Gasteiger partial charge in [-0.15, -0.1) is 0 Å². The van der Waals surface area contributed by atoms with Crippen molar-refractivity contribution in [3.8, 4) is 0 Å². The van der Waals surface area contributed by atoms with Crippen LogP contribution in [0.15, 0.2) is 0 Å². The highest BCUT2D eigenvalue weighted by Gasteiger charge is 2.45. The molecular weight excluding hydrogens is 282 g/mol. The maximum Gasteiger partial charge on any atom is 0.307 e. The van der Waals surface area contributed by atoms with Crippen molar-refractivity contribution >= 4 is 16.0 Å². The predicted molar refractivity (Wildman–Crippen MR) is 73.7 cm³/mol. The summed E-state index contributed by atoms with van der Waals surface area (Å²) in [4.78, 5) is 11.2. The fourth-order valence-corrected chi connectivity index (χ4v) is 5.86. The molecule has 0 bridgehead atoms. The van der Waals surface area contributed by atoms with Gasteiger partial charge in [0.1, 0.15) is 0 Å². The van der Waals surface area contributed by atoms with Crippen molar-refractivity contribution in [3.63, 3.8) is 0 Å². The predicted octanol–water partition coefficient (Wildman–Crippen LogP) is 0.806. The van der Waals surface area contributed by atoms with Gasteiger partial charge in [0.05, 0.1) is 17.8 Å². The van der Waals surface area contributed by atoms with Gasteiger partial charge in [0, 0.05) is 12.6 Å². The molecule has 116 valence electrons. The summed E-state index contributed by atoms with van der Waals surface area (Å²) in [7, 11) is -3.65. The Hall–Kier alpha value is -0.660. The van der Waals surface area contributed by atoms with Crippen LogP contribution in [0.1, 0.15) is 44.9 Å². The van der Waals surface area contributed by atoms with E-state index in [0.717, 1.165) is 19.3 Å². The first-order valence-corrected chi connectivity index (χ1v) is 8.83. The van der Waals surface area contributed by atoms with Crippen molar-refractivity contribution in [2.24, 2.45) is 5.92 Å². The molecule has 7 heteroatoms. The average molecular weight is 305 g/mol. The third kappa shape index (κ3) is 2.99. The van der Waals surface area contributed by atoms with E-state index >= 15 is 0 Å². The third-order valence-electron chi connectivity index (χ3n) is 4.51. The van der Waals surface area contributed by atoms with E-state index in [1.54, 1.807) is 0 Å². The monoisotopic (exact) mass is 305 g/mol. The second-order valence-corrected chi connectivity index (χ2v) is 7.86. The highest BCUT2D eigenvalue weighted by Crippen LogP contribution is 2.35. The molecule has 2 aliphatic rings. The number of rotatable bonds is 4. The van der Waals surface area contributed by atoms with Crippen LogP contribution in [0.3, 0.4) is 0 Å². The van der Waals surface area contributed by atoms with Gasteiger partial charge in [0.15, 0.2) is 0 Å². The fourth-order valence-electron chi connectivity index (χ4n) is 3.41. The minimum Gasteiger partial charge on any atom is -0.481 e. The smallest absolute Gasteiger partial charge is 0.307 e. The van der Waals surface area contributed by atoms with Crippen molar-refractivity contribution in [2.75, 3.05) is 13.2 Å². The minimum atomic E-state index is -3.65. The number of aliphatic hydroxyl groups excluding tert-OH is 1. The Kier molecular flexibility index (Phi) is 5.04. The number of carboxylic acid groups (broad SMARTS) is 1. The van der Waals surface area contributed by atoms with Gasteiger partial charge in [-0.3, -0.25) is 4.79 Å². The van der Waals surface area contributed by atoms with E-state index in [1.165, 1.54) is 4.31 Å². The summed E-state index contributed by atoms with van der Waals surface area (Å²) >= 11 is 0. The van der Waals surface area contributed by atoms with Crippen LogP contribution in [-0.4, -0.2) is 53.3 Å². The Balaban J connectivity index is 2.25. The zero-order chi connectivity index (χ0) is 14.8. The second kappa shape index (κ2) is 6.41. The number of carbonyl (C=O) groups is 1. The molecule has 1 aliphatic heterocycles. The standard InChI is InChI=1S/C13H23NO5S/c15-9-10-5-2-1-3-8-14(10)20(18,19)12-7-4-6-11(12)13(16)17/h10-12,15H,1-9H2,(H,16,17). The Bertz CT molecular complexity index is 450. The third-order valence-corrected chi connectivity index (χ3v) is 6.98. The van der Waals surface area contributed by atoms with Crippen molar-refractivity contribution in [1.29, 1.82) is 0 Å². The number of sulfonamides is 1. The molecule has 0 radical (unpaired) electrons. The van der Waals surface area contributed by atoms with E-state index in [9.17, 15) is 23.4 Å². The molecule has 0 spiro atoms. The Morgan fingerprint density at radius 2 is 1.85 bits per heavy atom. The molecular formula is C13H23NO5S. The lowest BCUT2D eigenvalue weighted by Gasteiger charge is -2.31. The summed E-state index contributed by atoms with van der Waals surface area (Å²) in [6.07, 6.45) is 4.77. The van der Waals surface area contributed by atoms with Crippen LogP contribution in [0.5, 0.6) is 0 Å². The number of hydrogen-bond donors (Lipinski definition) is 2. The molecule has 2 fully saturated rings. The molecule has 1 heterocycles. The number of nitrogens with zero attached hydrogens (tertiary/aromatic N) is 1. The van der Waals surface area contributed by atoms with Crippen molar-refractivity contribution in [3.05, 3.63) is 0 Å². The number of aliphatic carboxylic acids is 1. The summed E-state index contributed by atoms with van der Waals surface area (Å²) in [6, 6.07) is -0.391. The van der Waals surface area contributed by atoms with E-state index in [2.05, 4.69) is 0 Å². The Morgan fingerprint density at radius 3 is 2.50 bits per heavy atom. The van der Waals surface area contributed by atoms with Crippen molar-refractivity contribution in [2.45, 2.75) is 56.2 Å². The second-order valence-electron chi connectivity index (χ2n) is 5.76. The lowest BCUT2D eigenvalue weighted by atomic mass is 10.1. The zero-order valence-corrected chi connectivity index (χ0v) is 12.4. The molecule has 3 atom stereocenters. The first-order chi connectivity index (χ1) is 9.48. The van der Waals surface area contributed by atoms with Gasteiger partial charge in [-0.1, -0.05) is 19.3 Å². The van der Waals surface area contributed by atoms with Gasteiger partial charge in [-0.05, 0) is 25.7 Å². The van der Waals surface area contributed by atoms with E-state index < -0.39 is 33.2 Å². The summed E-state index contributed by atoms with van der Waals surface area (Å²) < 4.78 is 26.9. The van der Waals surface area contributed by atoms with Gasteiger partial charge in [-0.25, -0.2) is 8.42 Å². The molecule has 0 aromatic rings. The van der Waals surface area contributed by atoms with Crippen molar-refractivity contribution in [1.82, 2.24) is 4.31 Å². The normalized spacial score (nSPS) is 33.0. The molecule has 2 N–H and O–H groups in total. The van der Waals surface area contributed by atoms with Crippen LogP contribution in [0.25, 0.3) is 0 Å². The van der Waals surface area contributed by atoms with Crippen LogP contribution < -0.4 is 0 Å². The van der Waals surface area contributed by atoms with Gasteiger partial charge >= 0.3 is 5.97 Å². The van der Waals surface area contributed by atoms with Crippen LogP contribution in [-0.2, 0) is 14.8 Å². The summed E-state index contributed by atoms with van der Waals surface area (Å²) in [5.74, 6) is -1.82. The van der Waals surface area contributed by atoms with E-state index in [-0.39, 0.29) is 6.61 Å². The number of hydrogen-bond acceptors (Lipinski definition) is 4. The van der Waals surface area contributed by atoms with Crippen LogP contribution in [0.4, 0.5) is 0 Å². The fraction of sp³-hybridized carbons (Fsp3) is 0.923. The SMILES string of the molecule is O=C(O)C1CCCC1S(=O)(=O)N1CCCCCC1CO. The first-order valence-electron chi connectivity index (χ1n) is 7.32. The van der Waals surface area contributed by atoms with Gasteiger partial charge in [0.25, 0.3) is 0 Å². The van der Waals surface area contributed by atoms with E-state index in [4.69, 9.17) is 0 Å². The number of aliphatic hydroxyl groups is 1. The molecule has 2 rings (SSSR count). The van der Waals surface area contributed by atoms with Gasteiger partial charge in [0.2, 0.25) is 10.0 Å². The first kappa shape index (κ1) is 15.7. The van der Waals surface area contributed by atoms with Crippen LogP contribution in [0.2, 0.25) is 0 Å². The highest BCUT2D eigenvalue weighted by atomic mass is 32.2. The maximum absolute atomic E-state index is 12.8. The van der Waals surface area contributed by atoms with Gasteiger partial charge < -0.3 is 10.2 Å². The molecule has 6 nitrogen and oxygen atoms in total. The average Bonchev–Trinajstić information content (AvgIpc) is 2.78. The van der Waals surface area contributed by atoms with E-state index in [1.807, 2.05) is 0 Å². The quantitative estimate of drug-likeness (QED) is 0.801. The lowest BCUT2D eigenvalue weighted by Crippen LogP contribution is -2.48. The zero-order valence-electron chi connectivity index (χ0n) is 11.6. The molecule has 0 amide bonds. The summed E-state index contributed by atoms with van der Waals surface area (Å²) in [5, 5.41) is 17.8. The highest BCUT2D eigenvalue weighted by molar-refractivity contribution is 7.89. The Labute approximate surface area is 119 Å². The molecule has 1 aliphatic carbocycles. The van der Waals surface area contributed by atoms with Crippen LogP contribution >= 0.6 is 0 Å². The molecule has 0 aromatic carbocycles. The molecule has 3 unspecified atom stereocenters. The summed E-state index contributed by atoms with van der Waals surface area (Å²) in [5.41, 5.74) is 0. The maximum atomic E-state index is 12.8. The molecule has 1 saturated carbocycles. The van der Waals surface area contributed by atoms with Gasteiger partial charge in [-0.2, -0.15) is 4.31 Å². The number of carboxylic acids is 1. The molecule has 0 aromatic heterocycles. The Morgan fingerprint density at radius 1 is 1.10 bits per heavy atom. The largest absolute Gasteiger partial charge is 0.481 e. The summed E-state index contributed by atoms with van der Waals surface area (Å²) in [6.45, 7) is 0.208. The molecule has 20 heavy (non-hydrogen) atoms. The minimum absolute atomic E-state index is 0.191. The molecule has 1 saturated heterocycles. The van der Waals surface area contributed by atoms with Crippen LogP contribution in [0, 0.1) is 5.92 Å². The van der Waals surface area contributed by atoms with Crippen molar-refractivity contribution < 1.29 is 23.4 Å².